The molecule has 3 heteroatoms. The number of hydrogen-bond donors (Lipinski definition) is 1. The third kappa shape index (κ3) is 6.16. The van der Waals surface area contributed by atoms with E-state index < -0.39 is 0 Å². The van der Waals surface area contributed by atoms with Crippen molar-refractivity contribution in [3.63, 3.8) is 0 Å². The van der Waals surface area contributed by atoms with Gasteiger partial charge in [0, 0.05) is 13.9 Å². The number of carbonyl (C=O) groups excluding carboxylic acids is 1. The van der Waals surface area contributed by atoms with Gasteiger partial charge in [0.1, 0.15) is 0 Å². The summed E-state index contributed by atoms with van der Waals surface area (Å²) in [5, 5.41) is 2.77. The Bertz CT molecular complexity index is 138. The van der Waals surface area contributed by atoms with E-state index in [0.717, 1.165) is 0 Å². The lowest BCUT2D eigenvalue weighted by atomic mass is 10.2. The van der Waals surface area contributed by atoms with E-state index in [1.165, 1.54) is 0 Å². The molecule has 0 saturated carbocycles. The summed E-state index contributed by atoms with van der Waals surface area (Å²) in [7, 11) is 0. The van der Waals surface area contributed by atoms with Crippen LogP contribution in [-0.2, 0) is 9.53 Å². The molecule has 0 aromatic heterocycles. The van der Waals surface area contributed by atoms with Gasteiger partial charge in [0.2, 0.25) is 5.91 Å². The molecular weight excluding hydrogens is 154 g/mol. The number of amides is 1. The number of ether oxygens (including phenoxy) is 1. The lowest BCUT2D eigenvalue weighted by molar-refractivity contribution is -0.124. The van der Waals surface area contributed by atoms with E-state index in [-0.39, 0.29) is 19.4 Å². The molecule has 0 aromatic rings. The van der Waals surface area contributed by atoms with Gasteiger partial charge < -0.3 is 10.1 Å². The van der Waals surface area contributed by atoms with Gasteiger partial charge >= 0.3 is 0 Å². The standard InChI is InChI=1S/C9H19NO2.H2/c1-7(2)9(11)10-5-6-12-8(3)4;/h7-8H,5-6H2,1-4H3,(H,10,11);1H. The Labute approximate surface area is 76.0 Å². The first-order valence-corrected chi connectivity index (χ1v) is 4.43. The zero-order valence-corrected chi connectivity index (χ0v) is 8.39. The van der Waals surface area contributed by atoms with Crippen molar-refractivity contribution in [2.75, 3.05) is 13.2 Å². The largest absolute Gasteiger partial charge is 0.377 e. The Morgan fingerprint density at radius 3 is 2.42 bits per heavy atom. The van der Waals surface area contributed by atoms with E-state index in [4.69, 9.17) is 4.74 Å². The summed E-state index contributed by atoms with van der Waals surface area (Å²) in [6.45, 7) is 8.90. The highest BCUT2D eigenvalue weighted by Gasteiger charge is 2.04. The van der Waals surface area contributed by atoms with Crippen LogP contribution in [0.15, 0.2) is 0 Å². The highest BCUT2D eigenvalue weighted by atomic mass is 16.5. The van der Waals surface area contributed by atoms with Crippen LogP contribution in [0, 0.1) is 5.92 Å². The van der Waals surface area contributed by atoms with Crippen molar-refractivity contribution in [2.24, 2.45) is 5.92 Å². The van der Waals surface area contributed by atoms with E-state index in [1.807, 2.05) is 27.7 Å². The van der Waals surface area contributed by atoms with E-state index >= 15 is 0 Å². The maximum atomic E-state index is 11.0. The summed E-state index contributed by atoms with van der Waals surface area (Å²) in [4.78, 5) is 11.0. The molecule has 0 radical (unpaired) electrons. The molecule has 0 bridgehead atoms. The van der Waals surface area contributed by atoms with Gasteiger partial charge in [-0.1, -0.05) is 13.8 Å². The first-order valence-electron chi connectivity index (χ1n) is 4.43. The summed E-state index contributed by atoms with van der Waals surface area (Å²) in [6.07, 6.45) is 0.237. The Kier molecular flexibility index (Phi) is 5.72. The summed E-state index contributed by atoms with van der Waals surface area (Å²) in [5.74, 6) is 0.145. The van der Waals surface area contributed by atoms with Gasteiger partial charge in [-0.25, -0.2) is 0 Å². The SMILES string of the molecule is CC(C)OCCNC(=O)C(C)C.[HH]. The van der Waals surface area contributed by atoms with Gasteiger partial charge in [0.15, 0.2) is 0 Å². The molecule has 1 amide bonds. The number of nitrogens with one attached hydrogen (secondary N) is 1. The summed E-state index contributed by atoms with van der Waals surface area (Å²) >= 11 is 0. The summed E-state index contributed by atoms with van der Waals surface area (Å²) in [5.41, 5.74) is 0. The van der Waals surface area contributed by atoms with Crippen LogP contribution in [-0.4, -0.2) is 25.2 Å². The maximum Gasteiger partial charge on any atom is 0.222 e. The smallest absolute Gasteiger partial charge is 0.222 e. The monoisotopic (exact) mass is 175 g/mol. The third-order valence-corrected chi connectivity index (χ3v) is 1.38. The molecular formula is C9H21NO2. The predicted molar refractivity (Wildman–Crippen MR) is 51.0 cm³/mol. The third-order valence-electron chi connectivity index (χ3n) is 1.38. The zero-order valence-electron chi connectivity index (χ0n) is 8.39. The van der Waals surface area contributed by atoms with Gasteiger partial charge in [-0.3, -0.25) is 4.79 Å². The lowest BCUT2D eigenvalue weighted by Gasteiger charge is -2.09. The maximum absolute atomic E-state index is 11.0. The fraction of sp³-hybridized carbons (Fsp3) is 0.889. The highest BCUT2D eigenvalue weighted by molar-refractivity contribution is 5.77. The Balaban J connectivity index is 0. The molecule has 0 aliphatic rings. The number of rotatable bonds is 5. The normalized spacial score (nSPS) is 10.8. The molecule has 0 heterocycles. The zero-order chi connectivity index (χ0) is 9.56. The number of carbonyl (C=O) groups is 1. The van der Waals surface area contributed by atoms with Crippen molar-refractivity contribution in [3.05, 3.63) is 0 Å². The average molecular weight is 175 g/mol. The van der Waals surface area contributed by atoms with Crippen LogP contribution in [0.4, 0.5) is 0 Å². The van der Waals surface area contributed by atoms with Crippen LogP contribution in [0.5, 0.6) is 0 Å². The van der Waals surface area contributed by atoms with Crippen LogP contribution in [0.2, 0.25) is 0 Å². The van der Waals surface area contributed by atoms with Gasteiger partial charge in [-0.05, 0) is 13.8 Å². The first kappa shape index (κ1) is 11.4. The molecule has 0 rings (SSSR count). The molecule has 12 heavy (non-hydrogen) atoms. The minimum atomic E-state index is 0. The Hall–Kier alpha value is -0.570. The number of hydrogen-bond acceptors (Lipinski definition) is 2. The Morgan fingerprint density at radius 2 is 2.00 bits per heavy atom. The van der Waals surface area contributed by atoms with Crippen molar-refractivity contribution >= 4 is 5.91 Å². The summed E-state index contributed by atoms with van der Waals surface area (Å²) in [6, 6.07) is 0. The van der Waals surface area contributed by atoms with Crippen molar-refractivity contribution in [2.45, 2.75) is 33.8 Å². The van der Waals surface area contributed by atoms with Crippen LogP contribution in [0.1, 0.15) is 29.1 Å². The van der Waals surface area contributed by atoms with E-state index in [0.29, 0.717) is 13.2 Å². The second-order valence-corrected chi connectivity index (χ2v) is 3.37. The van der Waals surface area contributed by atoms with Gasteiger partial charge in [0.25, 0.3) is 0 Å². The molecule has 0 spiro atoms. The molecule has 0 saturated heterocycles. The average Bonchev–Trinajstić information content (AvgIpc) is 1.97. The summed E-state index contributed by atoms with van der Waals surface area (Å²) < 4.78 is 5.26. The van der Waals surface area contributed by atoms with Gasteiger partial charge in [-0.2, -0.15) is 0 Å². The second-order valence-electron chi connectivity index (χ2n) is 3.37. The molecule has 1 N–H and O–H groups in total. The van der Waals surface area contributed by atoms with Crippen LogP contribution < -0.4 is 5.32 Å². The first-order chi connectivity index (χ1) is 5.54. The van der Waals surface area contributed by atoms with Crippen molar-refractivity contribution in [1.82, 2.24) is 5.32 Å². The second kappa shape index (κ2) is 6.00. The van der Waals surface area contributed by atoms with E-state index in [9.17, 15) is 4.79 Å². The van der Waals surface area contributed by atoms with Crippen molar-refractivity contribution < 1.29 is 11.0 Å². The van der Waals surface area contributed by atoms with Gasteiger partial charge in [-0.15, -0.1) is 0 Å². The van der Waals surface area contributed by atoms with Crippen molar-refractivity contribution in [3.8, 4) is 0 Å². The molecule has 74 valence electrons. The quantitative estimate of drug-likeness (QED) is 0.642. The highest BCUT2D eigenvalue weighted by Crippen LogP contribution is 1.90. The van der Waals surface area contributed by atoms with E-state index in [2.05, 4.69) is 5.32 Å². The Morgan fingerprint density at radius 1 is 1.42 bits per heavy atom. The fourth-order valence-electron chi connectivity index (χ4n) is 0.673. The minimum Gasteiger partial charge on any atom is -0.377 e. The van der Waals surface area contributed by atoms with Crippen LogP contribution in [0.25, 0.3) is 0 Å². The van der Waals surface area contributed by atoms with Crippen LogP contribution >= 0.6 is 0 Å². The molecule has 0 fully saturated rings. The lowest BCUT2D eigenvalue weighted by Crippen LogP contribution is -2.31. The topological polar surface area (TPSA) is 38.3 Å². The fourth-order valence-corrected chi connectivity index (χ4v) is 0.673. The molecule has 0 aromatic carbocycles. The van der Waals surface area contributed by atoms with Crippen LogP contribution in [0.3, 0.4) is 0 Å². The molecule has 0 aliphatic carbocycles. The van der Waals surface area contributed by atoms with E-state index in [1.54, 1.807) is 0 Å². The predicted octanol–water partition coefficient (Wildman–Crippen LogP) is 1.43. The molecule has 0 atom stereocenters. The minimum absolute atomic E-state index is 0. The molecule has 0 aliphatic heterocycles. The molecule has 0 unspecified atom stereocenters. The van der Waals surface area contributed by atoms with Gasteiger partial charge in [0.05, 0.1) is 12.7 Å². The van der Waals surface area contributed by atoms with Crippen molar-refractivity contribution in [1.29, 1.82) is 0 Å². The molecule has 3 nitrogen and oxygen atoms in total.